The van der Waals surface area contributed by atoms with Crippen molar-refractivity contribution in [2.45, 2.75) is 18.9 Å². The zero-order chi connectivity index (χ0) is 19.9. The standard InChI is InChI=1S/C22H20N2O4S/c25-22(27-13-17-9-5-2-6-10-17)24-21-23-12-20(29-21)18(19-14-26-15-28-19)11-16-7-3-1-4-8-16/h1-10,12,14,18H,11,13,15H2,(H,23,24,25). The number of hydrogen-bond donors (Lipinski definition) is 1. The Kier molecular flexibility index (Phi) is 6.07. The van der Waals surface area contributed by atoms with Crippen LogP contribution in [0.5, 0.6) is 0 Å². The van der Waals surface area contributed by atoms with Crippen molar-refractivity contribution in [3.63, 3.8) is 0 Å². The summed E-state index contributed by atoms with van der Waals surface area (Å²) in [4.78, 5) is 17.4. The molecule has 1 amide bonds. The number of hydrogen-bond acceptors (Lipinski definition) is 6. The molecule has 1 atom stereocenters. The predicted molar refractivity (Wildman–Crippen MR) is 110 cm³/mol. The van der Waals surface area contributed by atoms with Gasteiger partial charge < -0.3 is 14.2 Å². The first-order valence-electron chi connectivity index (χ1n) is 9.20. The first-order valence-corrected chi connectivity index (χ1v) is 10.0. The summed E-state index contributed by atoms with van der Waals surface area (Å²) in [7, 11) is 0. The van der Waals surface area contributed by atoms with Gasteiger partial charge in [0.2, 0.25) is 6.79 Å². The maximum Gasteiger partial charge on any atom is 0.413 e. The third kappa shape index (κ3) is 5.14. The van der Waals surface area contributed by atoms with Crippen LogP contribution in [0.3, 0.4) is 0 Å². The van der Waals surface area contributed by atoms with Gasteiger partial charge >= 0.3 is 6.09 Å². The van der Waals surface area contributed by atoms with Crippen molar-refractivity contribution >= 4 is 22.6 Å². The van der Waals surface area contributed by atoms with E-state index in [9.17, 15) is 4.79 Å². The van der Waals surface area contributed by atoms with E-state index in [4.69, 9.17) is 14.2 Å². The van der Waals surface area contributed by atoms with Gasteiger partial charge in [-0.25, -0.2) is 9.78 Å². The maximum absolute atomic E-state index is 12.1. The van der Waals surface area contributed by atoms with Crippen LogP contribution in [0, 0.1) is 0 Å². The normalized spacial score (nSPS) is 13.7. The lowest BCUT2D eigenvalue weighted by Gasteiger charge is -2.15. The van der Waals surface area contributed by atoms with Crippen molar-refractivity contribution < 1.29 is 19.0 Å². The number of amides is 1. The summed E-state index contributed by atoms with van der Waals surface area (Å²) >= 11 is 1.40. The minimum Gasteiger partial charge on any atom is -0.462 e. The molecule has 3 aromatic rings. The third-order valence-corrected chi connectivity index (χ3v) is 5.43. The molecule has 0 saturated heterocycles. The van der Waals surface area contributed by atoms with E-state index in [-0.39, 0.29) is 19.3 Å². The first-order chi connectivity index (χ1) is 14.3. The second-order valence-corrected chi connectivity index (χ2v) is 7.51. The molecule has 2 heterocycles. The third-order valence-electron chi connectivity index (χ3n) is 4.41. The fraction of sp³-hybridized carbons (Fsp3) is 0.182. The molecular weight excluding hydrogens is 388 g/mol. The predicted octanol–water partition coefficient (Wildman–Crippen LogP) is 5.06. The number of aromatic nitrogens is 1. The Balaban J connectivity index is 1.41. The summed E-state index contributed by atoms with van der Waals surface area (Å²) in [6.45, 7) is 0.427. The van der Waals surface area contributed by atoms with Gasteiger partial charge in [0.05, 0.1) is 5.92 Å². The minimum atomic E-state index is -0.533. The molecule has 4 rings (SSSR count). The Morgan fingerprint density at radius 2 is 1.83 bits per heavy atom. The lowest BCUT2D eigenvalue weighted by atomic mass is 9.96. The van der Waals surface area contributed by atoms with Crippen molar-refractivity contribution in [1.29, 1.82) is 0 Å². The molecule has 2 aromatic carbocycles. The van der Waals surface area contributed by atoms with E-state index in [2.05, 4.69) is 22.4 Å². The van der Waals surface area contributed by atoms with Gasteiger partial charge in [0, 0.05) is 11.1 Å². The quantitative estimate of drug-likeness (QED) is 0.591. The van der Waals surface area contributed by atoms with Gasteiger partial charge in [-0.05, 0) is 17.5 Å². The van der Waals surface area contributed by atoms with Gasteiger partial charge in [-0.1, -0.05) is 60.7 Å². The summed E-state index contributed by atoms with van der Waals surface area (Å²) in [6, 6.07) is 19.7. The Hall–Kier alpha value is -3.32. The molecule has 1 aromatic heterocycles. The number of carbonyl (C=O) groups is 1. The SMILES string of the molecule is O=C(Nc1ncc(C(Cc2ccccc2)C2=COCO2)s1)OCc1ccccc1. The average Bonchev–Trinajstić information content (AvgIpc) is 3.45. The second kappa shape index (κ2) is 9.25. The molecule has 7 heteroatoms. The molecule has 0 fully saturated rings. The number of nitrogens with one attached hydrogen (secondary N) is 1. The smallest absolute Gasteiger partial charge is 0.413 e. The highest BCUT2D eigenvalue weighted by molar-refractivity contribution is 7.15. The average molecular weight is 408 g/mol. The molecule has 1 N–H and O–H groups in total. The summed E-state index contributed by atoms with van der Waals surface area (Å²) in [6.07, 6.45) is 3.62. The van der Waals surface area contributed by atoms with Gasteiger partial charge in [0.15, 0.2) is 5.13 Å². The molecule has 0 spiro atoms. The van der Waals surface area contributed by atoms with Crippen LogP contribution in [0.4, 0.5) is 9.93 Å². The molecule has 0 aliphatic carbocycles. The maximum atomic E-state index is 12.1. The largest absolute Gasteiger partial charge is 0.462 e. The lowest BCUT2D eigenvalue weighted by molar-refractivity contribution is 0.0753. The Morgan fingerprint density at radius 3 is 2.52 bits per heavy atom. The molecule has 0 saturated carbocycles. The number of benzene rings is 2. The van der Waals surface area contributed by atoms with Gasteiger partial charge in [0.1, 0.15) is 18.6 Å². The molecule has 1 aliphatic heterocycles. The van der Waals surface area contributed by atoms with Crippen molar-refractivity contribution in [2.75, 3.05) is 12.1 Å². The van der Waals surface area contributed by atoms with Crippen LogP contribution >= 0.6 is 11.3 Å². The molecular formula is C22H20N2O4S. The van der Waals surface area contributed by atoms with E-state index >= 15 is 0 Å². The van der Waals surface area contributed by atoms with Crippen LogP contribution in [-0.4, -0.2) is 17.9 Å². The Morgan fingerprint density at radius 1 is 1.10 bits per heavy atom. The van der Waals surface area contributed by atoms with Crippen LogP contribution in [0.1, 0.15) is 21.9 Å². The molecule has 6 nitrogen and oxygen atoms in total. The molecule has 0 bridgehead atoms. The highest BCUT2D eigenvalue weighted by Gasteiger charge is 2.25. The number of nitrogens with zero attached hydrogens (tertiary/aromatic N) is 1. The van der Waals surface area contributed by atoms with Crippen molar-refractivity contribution in [3.05, 3.63) is 94.9 Å². The molecule has 0 radical (unpaired) electrons. The van der Waals surface area contributed by atoms with E-state index in [1.54, 1.807) is 12.5 Å². The van der Waals surface area contributed by atoms with Gasteiger partial charge in [-0.2, -0.15) is 0 Å². The highest BCUT2D eigenvalue weighted by atomic mass is 32.1. The molecule has 29 heavy (non-hydrogen) atoms. The first kappa shape index (κ1) is 19.0. The number of ether oxygens (including phenoxy) is 3. The zero-order valence-electron chi connectivity index (χ0n) is 15.6. The van der Waals surface area contributed by atoms with Crippen molar-refractivity contribution in [2.24, 2.45) is 0 Å². The van der Waals surface area contributed by atoms with Crippen LogP contribution in [0.15, 0.2) is 78.9 Å². The van der Waals surface area contributed by atoms with E-state index in [0.29, 0.717) is 5.13 Å². The molecule has 148 valence electrons. The van der Waals surface area contributed by atoms with Crippen molar-refractivity contribution in [1.82, 2.24) is 4.98 Å². The Labute approximate surface area is 172 Å². The van der Waals surface area contributed by atoms with Crippen LogP contribution in [-0.2, 0) is 27.2 Å². The van der Waals surface area contributed by atoms with E-state index in [0.717, 1.165) is 22.6 Å². The number of thiazole rings is 1. The monoisotopic (exact) mass is 408 g/mol. The molecule has 1 aliphatic rings. The van der Waals surface area contributed by atoms with Crippen LogP contribution in [0.25, 0.3) is 0 Å². The van der Waals surface area contributed by atoms with Gasteiger partial charge in [0.25, 0.3) is 0 Å². The fourth-order valence-corrected chi connectivity index (χ4v) is 3.89. The summed E-state index contributed by atoms with van der Waals surface area (Å²) in [5, 5.41) is 3.18. The minimum absolute atomic E-state index is 0.0340. The number of rotatable bonds is 7. The van der Waals surface area contributed by atoms with Crippen LogP contribution in [0.2, 0.25) is 0 Å². The summed E-state index contributed by atoms with van der Waals surface area (Å²) in [5.74, 6) is 0.726. The Bertz CT molecular complexity index is 973. The van der Waals surface area contributed by atoms with Gasteiger partial charge in [-0.15, -0.1) is 11.3 Å². The van der Waals surface area contributed by atoms with Crippen LogP contribution < -0.4 is 5.32 Å². The fourth-order valence-electron chi connectivity index (χ4n) is 2.98. The van der Waals surface area contributed by atoms with E-state index in [1.165, 1.54) is 16.9 Å². The zero-order valence-corrected chi connectivity index (χ0v) is 16.4. The number of carbonyl (C=O) groups excluding carboxylic acids is 1. The molecule has 1 unspecified atom stereocenters. The van der Waals surface area contributed by atoms with Gasteiger partial charge in [-0.3, -0.25) is 5.32 Å². The van der Waals surface area contributed by atoms with E-state index < -0.39 is 6.09 Å². The van der Waals surface area contributed by atoms with Crippen molar-refractivity contribution in [3.8, 4) is 0 Å². The second-order valence-electron chi connectivity index (χ2n) is 6.45. The summed E-state index contributed by atoms with van der Waals surface area (Å²) < 4.78 is 16.1. The topological polar surface area (TPSA) is 69.7 Å². The number of anilines is 1. The summed E-state index contributed by atoms with van der Waals surface area (Å²) in [5.41, 5.74) is 2.11. The highest BCUT2D eigenvalue weighted by Crippen LogP contribution is 2.36. The number of allylic oxidation sites excluding steroid dienone is 1. The lowest BCUT2D eigenvalue weighted by Crippen LogP contribution is -2.13. The van der Waals surface area contributed by atoms with E-state index in [1.807, 2.05) is 48.5 Å².